The Kier molecular flexibility index (Phi) is 4.97. The Hall–Kier alpha value is -2.36. The van der Waals surface area contributed by atoms with Crippen LogP contribution in [-0.4, -0.2) is 58.9 Å². The fourth-order valence-electron chi connectivity index (χ4n) is 2.75. The van der Waals surface area contributed by atoms with Gasteiger partial charge in [0.2, 0.25) is 5.91 Å². The Bertz CT molecular complexity index is 764. The first-order valence-electron chi connectivity index (χ1n) is 7.02. The molecule has 0 saturated carbocycles. The number of nitrogens with zero attached hydrogens (tertiary/aromatic N) is 1. The van der Waals surface area contributed by atoms with E-state index in [0.29, 0.717) is 5.56 Å². The zero-order valence-electron chi connectivity index (χ0n) is 12.4. The van der Waals surface area contributed by atoms with Crippen molar-refractivity contribution in [1.82, 2.24) is 4.90 Å². The molecule has 1 saturated heterocycles. The van der Waals surface area contributed by atoms with E-state index in [2.05, 4.69) is 0 Å². The summed E-state index contributed by atoms with van der Waals surface area (Å²) in [7, 11) is -4.76. The number of aromatic hydroxyl groups is 2. The Morgan fingerprint density at radius 2 is 2.00 bits per heavy atom. The SMILES string of the molecule is O=C(O)[C@H](Cc1ccc(O)c(O)c1)N1CC(CS(=O)(=O)F)CC1=O. The zero-order valence-corrected chi connectivity index (χ0v) is 13.2. The second kappa shape index (κ2) is 6.63. The first-order chi connectivity index (χ1) is 11.1. The number of phenols is 2. The molecule has 0 bridgehead atoms. The van der Waals surface area contributed by atoms with Crippen LogP contribution in [0.1, 0.15) is 12.0 Å². The van der Waals surface area contributed by atoms with Crippen LogP contribution >= 0.6 is 0 Å². The lowest BCUT2D eigenvalue weighted by molar-refractivity contribution is -0.148. The number of rotatable bonds is 6. The fourth-order valence-corrected chi connectivity index (χ4v) is 3.54. The van der Waals surface area contributed by atoms with E-state index >= 15 is 0 Å². The summed E-state index contributed by atoms with van der Waals surface area (Å²) in [4.78, 5) is 24.5. The predicted octanol–water partition coefficient (Wildman–Crippen LogP) is 0.241. The predicted molar refractivity (Wildman–Crippen MR) is 79.6 cm³/mol. The average molecular weight is 361 g/mol. The van der Waals surface area contributed by atoms with Gasteiger partial charge in [0.05, 0.1) is 5.75 Å². The summed E-state index contributed by atoms with van der Waals surface area (Å²) in [5.41, 5.74) is 0.368. The number of halogens is 1. The van der Waals surface area contributed by atoms with Crippen LogP contribution in [0.5, 0.6) is 11.5 Å². The summed E-state index contributed by atoms with van der Waals surface area (Å²) in [6.07, 6.45) is -0.391. The van der Waals surface area contributed by atoms with Gasteiger partial charge in [-0.3, -0.25) is 4.79 Å². The second-order valence-corrected chi connectivity index (χ2v) is 7.11. The normalized spacial score (nSPS) is 19.5. The highest BCUT2D eigenvalue weighted by Crippen LogP contribution is 2.28. The van der Waals surface area contributed by atoms with Crippen molar-refractivity contribution in [3.63, 3.8) is 0 Å². The van der Waals surface area contributed by atoms with Crippen LogP contribution < -0.4 is 0 Å². The lowest BCUT2D eigenvalue weighted by atomic mass is 10.0. The summed E-state index contributed by atoms with van der Waals surface area (Å²) < 4.78 is 34.2. The smallest absolute Gasteiger partial charge is 0.326 e. The summed E-state index contributed by atoms with van der Waals surface area (Å²) in [6, 6.07) is 2.48. The molecule has 0 radical (unpaired) electrons. The zero-order chi connectivity index (χ0) is 18.1. The molecule has 3 N–H and O–H groups in total. The standard InChI is InChI=1S/C14H16FNO7S/c15-24(22,23)7-9-5-13(19)16(6-9)10(14(20)21)3-8-1-2-11(17)12(18)4-8/h1-2,4,9-10,17-18H,3,5-7H2,(H,20,21)/t9?,10-/m0/s1. The van der Waals surface area contributed by atoms with Crippen molar-refractivity contribution < 1.29 is 37.2 Å². The highest BCUT2D eigenvalue weighted by atomic mass is 32.3. The average Bonchev–Trinajstić information content (AvgIpc) is 2.77. The van der Waals surface area contributed by atoms with Crippen molar-refractivity contribution in [3.8, 4) is 11.5 Å². The number of carboxylic acid groups (broad SMARTS) is 1. The van der Waals surface area contributed by atoms with Crippen molar-refractivity contribution >= 4 is 22.1 Å². The van der Waals surface area contributed by atoms with Gasteiger partial charge in [-0.2, -0.15) is 8.42 Å². The lowest BCUT2D eigenvalue weighted by Crippen LogP contribution is -2.43. The molecular formula is C14H16FNO7S. The molecule has 0 aromatic heterocycles. The van der Waals surface area contributed by atoms with Gasteiger partial charge in [0, 0.05) is 25.3 Å². The molecule has 2 atom stereocenters. The Labute approximate surface area is 137 Å². The van der Waals surface area contributed by atoms with E-state index < -0.39 is 45.6 Å². The van der Waals surface area contributed by atoms with E-state index in [1.54, 1.807) is 0 Å². The first-order valence-corrected chi connectivity index (χ1v) is 8.57. The molecule has 10 heteroatoms. The highest BCUT2D eigenvalue weighted by Gasteiger charge is 2.39. The molecular weight excluding hydrogens is 345 g/mol. The molecule has 1 fully saturated rings. The third kappa shape index (κ3) is 4.34. The number of carbonyl (C=O) groups is 2. The van der Waals surface area contributed by atoms with Crippen molar-refractivity contribution in [2.75, 3.05) is 12.3 Å². The maximum Gasteiger partial charge on any atom is 0.326 e. The number of benzene rings is 1. The number of hydrogen-bond acceptors (Lipinski definition) is 6. The van der Waals surface area contributed by atoms with E-state index in [1.807, 2.05) is 0 Å². The Morgan fingerprint density at radius 3 is 2.54 bits per heavy atom. The third-order valence-corrected chi connectivity index (χ3v) is 4.67. The monoisotopic (exact) mass is 361 g/mol. The lowest BCUT2D eigenvalue weighted by Gasteiger charge is -2.25. The molecule has 1 aliphatic heterocycles. The molecule has 24 heavy (non-hydrogen) atoms. The molecule has 132 valence electrons. The number of hydrogen-bond donors (Lipinski definition) is 3. The first kappa shape index (κ1) is 18.0. The molecule has 1 aliphatic rings. The van der Waals surface area contributed by atoms with Gasteiger partial charge in [0.25, 0.3) is 0 Å². The van der Waals surface area contributed by atoms with Gasteiger partial charge in [-0.25, -0.2) is 4.79 Å². The Balaban J connectivity index is 2.17. The van der Waals surface area contributed by atoms with Crippen LogP contribution in [0.15, 0.2) is 18.2 Å². The minimum absolute atomic E-state index is 0.149. The quantitative estimate of drug-likeness (QED) is 0.488. The van der Waals surface area contributed by atoms with Crippen LogP contribution in [0.3, 0.4) is 0 Å². The van der Waals surface area contributed by atoms with Gasteiger partial charge in [0.1, 0.15) is 6.04 Å². The van der Waals surface area contributed by atoms with Crippen LogP contribution in [0.25, 0.3) is 0 Å². The molecule has 0 spiro atoms. The second-order valence-electron chi connectivity index (χ2n) is 5.70. The van der Waals surface area contributed by atoms with Gasteiger partial charge >= 0.3 is 16.2 Å². The molecule has 8 nitrogen and oxygen atoms in total. The van der Waals surface area contributed by atoms with Gasteiger partial charge in [0.15, 0.2) is 11.5 Å². The molecule has 2 rings (SSSR count). The minimum atomic E-state index is -4.76. The molecule has 1 aromatic carbocycles. The molecule has 1 heterocycles. The molecule has 1 amide bonds. The van der Waals surface area contributed by atoms with E-state index in [4.69, 9.17) is 0 Å². The topological polar surface area (TPSA) is 132 Å². The number of carboxylic acids is 1. The van der Waals surface area contributed by atoms with Crippen molar-refractivity contribution in [1.29, 1.82) is 0 Å². The van der Waals surface area contributed by atoms with E-state index in [-0.39, 0.29) is 25.1 Å². The van der Waals surface area contributed by atoms with Crippen molar-refractivity contribution in [3.05, 3.63) is 23.8 Å². The van der Waals surface area contributed by atoms with E-state index in [0.717, 1.165) is 4.90 Å². The van der Waals surface area contributed by atoms with Crippen LogP contribution in [0, 0.1) is 5.92 Å². The summed E-state index contributed by atoms with van der Waals surface area (Å²) in [5, 5.41) is 28.1. The number of carbonyl (C=O) groups excluding carboxylic acids is 1. The number of phenolic OH excluding ortho intramolecular Hbond substituents is 2. The maximum absolute atomic E-state index is 12.8. The Morgan fingerprint density at radius 1 is 1.33 bits per heavy atom. The molecule has 1 unspecified atom stereocenters. The van der Waals surface area contributed by atoms with Crippen molar-refractivity contribution in [2.24, 2.45) is 5.92 Å². The molecule has 1 aromatic rings. The number of amides is 1. The van der Waals surface area contributed by atoms with E-state index in [1.165, 1.54) is 18.2 Å². The summed E-state index contributed by atoms with van der Waals surface area (Å²) >= 11 is 0. The molecule has 0 aliphatic carbocycles. The number of likely N-dealkylation sites (tertiary alicyclic amines) is 1. The van der Waals surface area contributed by atoms with Gasteiger partial charge in [-0.1, -0.05) is 6.07 Å². The van der Waals surface area contributed by atoms with E-state index in [9.17, 15) is 37.2 Å². The van der Waals surface area contributed by atoms with Gasteiger partial charge in [-0.05, 0) is 17.7 Å². The van der Waals surface area contributed by atoms with Gasteiger partial charge < -0.3 is 20.2 Å². The van der Waals surface area contributed by atoms with Crippen molar-refractivity contribution in [2.45, 2.75) is 18.9 Å². The number of aliphatic carboxylic acids is 1. The largest absolute Gasteiger partial charge is 0.504 e. The minimum Gasteiger partial charge on any atom is -0.504 e. The summed E-state index contributed by atoms with van der Waals surface area (Å²) in [6.45, 7) is -0.178. The van der Waals surface area contributed by atoms with Gasteiger partial charge in [-0.15, -0.1) is 3.89 Å². The van der Waals surface area contributed by atoms with Crippen LogP contribution in [0.2, 0.25) is 0 Å². The summed E-state index contributed by atoms with van der Waals surface area (Å²) in [5.74, 6) is -4.30. The highest BCUT2D eigenvalue weighted by molar-refractivity contribution is 7.86. The third-order valence-electron chi connectivity index (χ3n) is 3.80. The fraction of sp³-hybridized carbons (Fsp3) is 0.429. The maximum atomic E-state index is 12.8. The van der Waals surface area contributed by atoms with Crippen LogP contribution in [0.4, 0.5) is 3.89 Å². The van der Waals surface area contributed by atoms with Crippen LogP contribution in [-0.2, 0) is 26.2 Å².